The summed E-state index contributed by atoms with van der Waals surface area (Å²) in [5, 5.41) is 2.70. The van der Waals surface area contributed by atoms with Gasteiger partial charge >= 0.3 is 5.97 Å². The highest BCUT2D eigenvalue weighted by atomic mass is 16.5. The van der Waals surface area contributed by atoms with Crippen molar-refractivity contribution in [3.63, 3.8) is 0 Å². The highest BCUT2D eigenvalue weighted by Gasteiger charge is 2.21. The molecule has 0 saturated carbocycles. The van der Waals surface area contributed by atoms with Crippen molar-refractivity contribution in [1.29, 1.82) is 0 Å². The molecule has 2 aromatic carbocycles. The fraction of sp³-hybridized carbons (Fsp3) is 0.263. The third-order valence-corrected chi connectivity index (χ3v) is 3.64. The molecule has 1 amide bonds. The number of hydrogen-bond acceptors (Lipinski definition) is 3. The lowest BCUT2D eigenvalue weighted by molar-refractivity contribution is -0.145. The van der Waals surface area contributed by atoms with Crippen LogP contribution in [0.25, 0.3) is 11.1 Å². The van der Waals surface area contributed by atoms with E-state index in [4.69, 9.17) is 4.74 Å². The van der Waals surface area contributed by atoms with E-state index >= 15 is 0 Å². The maximum absolute atomic E-state index is 11.8. The van der Waals surface area contributed by atoms with Gasteiger partial charge in [0.15, 0.2) is 0 Å². The summed E-state index contributed by atoms with van der Waals surface area (Å²) >= 11 is 0. The van der Waals surface area contributed by atoms with Crippen LogP contribution in [-0.2, 0) is 20.7 Å². The van der Waals surface area contributed by atoms with Crippen LogP contribution in [0.3, 0.4) is 0 Å². The summed E-state index contributed by atoms with van der Waals surface area (Å²) in [6, 6.07) is 17.4. The zero-order valence-electron chi connectivity index (χ0n) is 13.4. The van der Waals surface area contributed by atoms with E-state index in [1.807, 2.05) is 54.6 Å². The zero-order valence-corrected chi connectivity index (χ0v) is 13.4. The Hall–Kier alpha value is -2.62. The number of benzene rings is 2. The molecule has 2 aromatic rings. The number of hydrogen-bond donors (Lipinski definition) is 1. The van der Waals surface area contributed by atoms with Crippen molar-refractivity contribution >= 4 is 11.9 Å². The molecule has 4 nitrogen and oxygen atoms in total. The molecule has 0 spiro atoms. The first-order valence-corrected chi connectivity index (χ1v) is 7.65. The predicted octanol–water partition coefficient (Wildman–Crippen LogP) is 2.96. The lowest BCUT2D eigenvalue weighted by atomic mass is 10.0. The van der Waals surface area contributed by atoms with Crippen molar-refractivity contribution in [3.8, 4) is 11.1 Å². The van der Waals surface area contributed by atoms with Gasteiger partial charge in [0.1, 0.15) is 6.04 Å². The van der Waals surface area contributed by atoms with Gasteiger partial charge in [0.25, 0.3) is 0 Å². The molecular weight excluding hydrogens is 290 g/mol. The number of nitrogens with one attached hydrogen (secondary N) is 1. The first-order valence-electron chi connectivity index (χ1n) is 7.65. The summed E-state index contributed by atoms with van der Waals surface area (Å²) in [6.45, 7) is 1.75. The number of ether oxygens (including phenoxy) is 1. The fourth-order valence-corrected chi connectivity index (χ4v) is 2.33. The monoisotopic (exact) mass is 311 g/mol. The number of carbonyl (C=O) groups is 2. The van der Waals surface area contributed by atoms with Gasteiger partial charge < -0.3 is 10.1 Å². The van der Waals surface area contributed by atoms with Crippen LogP contribution in [0.5, 0.6) is 0 Å². The standard InChI is InChI=1S/C19H21NO3/c1-3-18(21)20-17(19(22)23-2)13-14-9-11-16(12-10-14)15-7-5-4-6-8-15/h4-12,17H,3,13H2,1-2H3,(H,20,21). The second kappa shape index (κ2) is 8.13. The number of amides is 1. The molecule has 23 heavy (non-hydrogen) atoms. The van der Waals surface area contributed by atoms with Gasteiger partial charge in [0, 0.05) is 12.8 Å². The van der Waals surface area contributed by atoms with Crippen LogP contribution < -0.4 is 5.32 Å². The summed E-state index contributed by atoms with van der Waals surface area (Å²) in [5.74, 6) is -0.597. The highest BCUT2D eigenvalue weighted by molar-refractivity contribution is 5.84. The van der Waals surface area contributed by atoms with Gasteiger partial charge in [0.2, 0.25) is 5.91 Å². The Labute approximate surface area is 136 Å². The molecule has 4 heteroatoms. The van der Waals surface area contributed by atoms with E-state index in [9.17, 15) is 9.59 Å². The van der Waals surface area contributed by atoms with Crippen molar-refractivity contribution in [2.24, 2.45) is 0 Å². The van der Waals surface area contributed by atoms with E-state index in [0.717, 1.165) is 16.7 Å². The van der Waals surface area contributed by atoms with Crippen LogP contribution in [0.1, 0.15) is 18.9 Å². The maximum atomic E-state index is 11.8. The Kier molecular flexibility index (Phi) is 5.92. The molecule has 120 valence electrons. The van der Waals surface area contributed by atoms with Gasteiger partial charge in [-0.1, -0.05) is 61.5 Å². The van der Waals surface area contributed by atoms with E-state index in [2.05, 4.69) is 5.32 Å². The van der Waals surface area contributed by atoms with Crippen LogP contribution in [0, 0.1) is 0 Å². The van der Waals surface area contributed by atoms with Gasteiger partial charge in [-0.15, -0.1) is 0 Å². The summed E-state index contributed by atoms with van der Waals surface area (Å²) < 4.78 is 4.77. The minimum atomic E-state index is -0.657. The Balaban J connectivity index is 2.11. The molecule has 0 heterocycles. The quantitative estimate of drug-likeness (QED) is 0.835. The molecular formula is C19H21NO3. The van der Waals surface area contributed by atoms with E-state index in [1.165, 1.54) is 7.11 Å². The van der Waals surface area contributed by atoms with E-state index < -0.39 is 12.0 Å². The van der Waals surface area contributed by atoms with E-state index in [0.29, 0.717) is 12.8 Å². The molecule has 2 rings (SSSR count). The summed E-state index contributed by atoms with van der Waals surface area (Å²) in [5.41, 5.74) is 3.22. The Morgan fingerprint density at radius 2 is 1.61 bits per heavy atom. The molecule has 0 bridgehead atoms. The number of rotatable bonds is 6. The van der Waals surface area contributed by atoms with E-state index in [1.54, 1.807) is 6.92 Å². The molecule has 0 aromatic heterocycles. The Morgan fingerprint density at radius 1 is 1.00 bits per heavy atom. The minimum Gasteiger partial charge on any atom is -0.467 e. The van der Waals surface area contributed by atoms with Crippen molar-refractivity contribution in [2.75, 3.05) is 7.11 Å². The summed E-state index contributed by atoms with van der Waals surface area (Å²) in [6.07, 6.45) is 0.744. The third kappa shape index (κ3) is 4.68. The Bertz CT molecular complexity index is 650. The van der Waals surface area contributed by atoms with Crippen LogP contribution in [-0.4, -0.2) is 25.0 Å². The molecule has 0 aliphatic rings. The number of methoxy groups -OCH3 is 1. The molecule has 1 unspecified atom stereocenters. The minimum absolute atomic E-state index is 0.165. The largest absolute Gasteiger partial charge is 0.467 e. The van der Waals surface area contributed by atoms with Crippen molar-refractivity contribution in [3.05, 3.63) is 60.2 Å². The van der Waals surface area contributed by atoms with Gasteiger partial charge in [-0.05, 0) is 16.7 Å². The molecule has 1 N–H and O–H groups in total. The van der Waals surface area contributed by atoms with Crippen molar-refractivity contribution in [1.82, 2.24) is 5.32 Å². The third-order valence-electron chi connectivity index (χ3n) is 3.64. The van der Waals surface area contributed by atoms with Crippen molar-refractivity contribution < 1.29 is 14.3 Å². The van der Waals surface area contributed by atoms with Gasteiger partial charge in [0.05, 0.1) is 7.11 Å². The second-order valence-corrected chi connectivity index (χ2v) is 5.26. The SMILES string of the molecule is CCC(=O)NC(Cc1ccc(-c2ccccc2)cc1)C(=O)OC. The average Bonchev–Trinajstić information content (AvgIpc) is 2.61. The Morgan fingerprint density at radius 3 is 2.17 bits per heavy atom. The average molecular weight is 311 g/mol. The highest BCUT2D eigenvalue weighted by Crippen LogP contribution is 2.19. The second-order valence-electron chi connectivity index (χ2n) is 5.26. The molecule has 0 fully saturated rings. The lowest BCUT2D eigenvalue weighted by Crippen LogP contribution is -2.42. The fourth-order valence-electron chi connectivity index (χ4n) is 2.33. The summed E-state index contributed by atoms with van der Waals surface area (Å²) in [7, 11) is 1.33. The number of carbonyl (C=O) groups excluding carboxylic acids is 2. The maximum Gasteiger partial charge on any atom is 0.328 e. The van der Waals surface area contributed by atoms with Gasteiger partial charge in [-0.25, -0.2) is 4.79 Å². The molecule has 0 aliphatic carbocycles. The zero-order chi connectivity index (χ0) is 16.7. The van der Waals surface area contributed by atoms with Crippen LogP contribution in [0.4, 0.5) is 0 Å². The van der Waals surface area contributed by atoms with Gasteiger partial charge in [-0.3, -0.25) is 4.79 Å². The topological polar surface area (TPSA) is 55.4 Å². The lowest BCUT2D eigenvalue weighted by Gasteiger charge is -2.16. The summed E-state index contributed by atoms with van der Waals surface area (Å²) in [4.78, 5) is 23.4. The molecule has 0 aliphatic heterocycles. The van der Waals surface area contributed by atoms with Crippen LogP contribution in [0.2, 0.25) is 0 Å². The van der Waals surface area contributed by atoms with Gasteiger partial charge in [-0.2, -0.15) is 0 Å². The predicted molar refractivity (Wildman–Crippen MR) is 89.8 cm³/mol. The first-order chi connectivity index (χ1) is 11.1. The van der Waals surface area contributed by atoms with Crippen LogP contribution >= 0.6 is 0 Å². The molecule has 1 atom stereocenters. The van der Waals surface area contributed by atoms with E-state index in [-0.39, 0.29) is 5.91 Å². The smallest absolute Gasteiger partial charge is 0.328 e. The van der Waals surface area contributed by atoms with Crippen LogP contribution in [0.15, 0.2) is 54.6 Å². The first kappa shape index (κ1) is 16.7. The molecule has 0 radical (unpaired) electrons. The molecule has 0 saturated heterocycles. The van der Waals surface area contributed by atoms with Crippen molar-refractivity contribution in [2.45, 2.75) is 25.8 Å². The normalized spacial score (nSPS) is 11.6. The number of esters is 1.